The SMILES string of the molecule is Cc1ccncc1C(=O)N(C)CC(C)C(=O)O. The van der Waals surface area contributed by atoms with Gasteiger partial charge in [-0.05, 0) is 18.6 Å². The maximum Gasteiger partial charge on any atom is 0.308 e. The van der Waals surface area contributed by atoms with Crippen LogP contribution >= 0.6 is 0 Å². The van der Waals surface area contributed by atoms with Crippen LogP contribution in [0.5, 0.6) is 0 Å². The third-order valence-corrected chi connectivity index (χ3v) is 2.59. The first-order chi connectivity index (χ1) is 7.93. The summed E-state index contributed by atoms with van der Waals surface area (Å²) in [5.41, 5.74) is 1.34. The molecule has 0 radical (unpaired) electrons. The van der Waals surface area contributed by atoms with Gasteiger partial charge in [0.05, 0.1) is 11.5 Å². The summed E-state index contributed by atoms with van der Waals surface area (Å²) >= 11 is 0. The smallest absolute Gasteiger partial charge is 0.308 e. The van der Waals surface area contributed by atoms with Crippen molar-refractivity contribution in [2.75, 3.05) is 13.6 Å². The van der Waals surface area contributed by atoms with Crippen LogP contribution in [0.2, 0.25) is 0 Å². The maximum atomic E-state index is 12.0. The van der Waals surface area contributed by atoms with Gasteiger partial charge in [-0.2, -0.15) is 0 Å². The summed E-state index contributed by atoms with van der Waals surface area (Å²) in [6, 6.07) is 1.75. The van der Waals surface area contributed by atoms with E-state index in [1.54, 1.807) is 26.2 Å². The Balaban J connectivity index is 2.77. The average Bonchev–Trinajstić information content (AvgIpc) is 2.28. The predicted molar refractivity (Wildman–Crippen MR) is 62.7 cm³/mol. The first-order valence-electron chi connectivity index (χ1n) is 5.32. The molecule has 0 spiro atoms. The van der Waals surface area contributed by atoms with Gasteiger partial charge in [-0.15, -0.1) is 0 Å². The highest BCUT2D eigenvalue weighted by Crippen LogP contribution is 2.09. The molecule has 0 aliphatic heterocycles. The van der Waals surface area contributed by atoms with Crippen LogP contribution < -0.4 is 0 Å². The molecule has 17 heavy (non-hydrogen) atoms. The topological polar surface area (TPSA) is 70.5 Å². The summed E-state index contributed by atoms with van der Waals surface area (Å²) in [7, 11) is 1.59. The number of pyridine rings is 1. The Morgan fingerprint density at radius 2 is 2.18 bits per heavy atom. The summed E-state index contributed by atoms with van der Waals surface area (Å²) < 4.78 is 0. The summed E-state index contributed by atoms with van der Waals surface area (Å²) in [6.07, 6.45) is 3.12. The minimum Gasteiger partial charge on any atom is -0.481 e. The first kappa shape index (κ1) is 13.2. The lowest BCUT2D eigenvalue weighted by molar-refractivity contribution is -0.141. The third-order valence-electron chi connectivity index (χ3n) is 2.59. The number of carboxylic acids is 1. The molecule has 1 unspecified atom stereocenters. The van der Waals surface area contributed by atoms with Crippen molar-refractivity contribution < 1.29 is 14.7 Å². The van der Waals surface area contributed by atoms with Crippen molar-refractivity contribution in [3.05, 3.63) is 29.6 Å². The molecule has 1 atom stereocenters. The standard InChI is InChI=1S/C12H16N2O3/c1-8-4-5-13-6-10(8)11(15)14(3)7-9(2)12(16)17/h4-6,9H,7H2,1-3H3,(H,16,17). The molecule has 92 valence electrons. The minimum atomic E-state index is -0.910. The second kappa shape index (κ2) is 5.43. The van der Waals surface area contributed by atoms with Gasteiger partial charge in [-0.25, -0.2) is 0 Å². The number of carbonyl (C=O) groups excluding carboxylic acids is 1. The number of carboxylic acid groups (broad SMARTS) is 1. The van der Waals surface area contributed by atoms with E-state index >= 15 is 0 Å². The van der Waals surface area contributed by atoms with Gasteiger partial charge in [0.1, 0.15) is 0 Å². The van der Waals surface area contributed by atoms with Crippen LogP contribution in [0.15, 0.2) is 18.5 Å². The highest BCUT2D eigenvalue weighted by molar-refractivity contribution is 5.95. The van der Waals surface area contributed by atoms with Crippen molar-refractivity contribution in [1.29, 1.82) is 0 Å². The molecule has 5 nitrogen and oxygen atoms in total. The molecule has 0 aliphatic carbocycles. The Morgan fingerprint density at radius 3 is 2.71 bits per heavy atom. The van der Waals surface area contributed by atoms with E-state index in [0.29, 0.717) is 5.56 Å². The van der Waals surface area contributed by atoms with E-state index in [4.69, 9.17) is 5.11 Å². The van der Waals surface area contributed by atoms with Crippen molar-refractivity contribution in [3.63, 3.8) is 0 Å². The van der Waals surface area contributed by atoms with Gasteiger partial charge in [-0.1, -0.05) is 6.92 Å². The minimum absolute atomic E-state index is 0.183. The highest BCUT2D eigenvalue weighted by atomic mass is 16.4. The number of carbonyl (C=O) groups is 2. The van der Waals surface area contributed by atoms with Gasteiger partial charge in [0.2, 0.25) is 0 Å². The molecular weight excluding hydrogens is 220 g/mol. The first-order valence-corrected chi connectivity index (χ1v) is 5.32. The Bertz CT molecular complexity index is 432. The Hall–Kier alpha value is -1.91. The van der Waals surface area contributed by atoms with Crippen LogP contribution in [0.1, 0.15) is 22.8 Å². The Labute approximate surface area is 100 Å². The van der Waals surface area contributed by atoms with E-state index in [2.05, 4.69) is 4.98 Å². The monoisotopic (exact) mass is 236 g/mol. The average molecular weight is 236 g/mol. The predicted octanol–water partition coefficient (Wildman–Crippen LogP) is 1.18. The van der Waals surface area contributed by atoms with Gasteiger partial charge < -0.3 is 10.0 Å². The lowest BCUT2D eigenvalue weighted by atomic mass is 10.1. The lowest BCUT2D eigenvalue weighted by Gasteiger charge is -2.20. The van der Waals surface area contributed by atoms with Gasteiger partial charge >= 0.3 is 5.97 Å². The highest BCUT2D eigenvalue weighted by Gasteiger charge is 2.19. The quantitative estimate of drug-likeness (QED) is 0.852. The van der Waals surface area contributed by atoms with E-state index in [9.17, 15) is 9.59 Å². The van der Waals surface area contributed by atoms with Crippen LogP contribution in [-0.4, -0.2) is 40.5 Å². The number of aromatic nitrogens is 1. The third kappa shape index (κ3) is 3.27. The molecule has 0 saturated carbocycles. The van der Waals surface area contributed by atoms with Crippen molar-refractivity contribution in [2.24, 2.45) is 5.92 Å². The zero-order valence-corrected chi connectivity index (χ0v) is 10.2. The molecule has 1 rings (SSSR count). The molecule has 0 saturated heterocycles. The zero-order valence-electron chi connectivity index (χ0n) is 10.2. The van der Waals surface area contributed by atoms with Crippen LogP contribution in [0.25, 0.3) is 0 Å². The lowest BCUT2D eigenvalue weighted by Crippen LogP contribution is -2.34. The summed E-state index contributed by atoms with van der Waals surface area (Å²) in [5, 5.41) is 8.79. The number of rotatable bonds is 4. The number of nitrogens with zero attached hydrogens (tertiary/aromatic N) is 2. The fourth-order valence-corrected chi connectivity index (χ4v) is 1.47. The van der Waals surface area contributed by atoms with E-state index in [1.807, 2.05) is 6.92 Å². The molecule has 1 aromatic rings. The van der Waals surface area contributed by atoms with Crippen molar-refractivity contribution in [1.82, 2.24) is 9.88 Å². The summed E-state index contributed by atoms with van der Waals surface area (Å²) in [5.74, 6) is -1.70. The number of aliphatic carboxylic acids is 1. The number of amides is 1. The summed E-state index contributed by atoms with van der Waals surface area (Å²) in [6.45, 7) is 3.58. The van der Waals surface area contributed by atoms with Gasteiger partial charge in [0.25, 0.3) is 5.91 Å². The van der Waals surface area contributed by atoms with Crippen LogP contribution in [0, 0.1) is 12.8 Å². The molecule has 0 aromatic carbocycles. The van der Waals surface area contributed by atoms with Crippen molar-refractivity contribution in [3.8, 4) is 0 Å². The molecule has 1 aromatic heterocycles. The van der Waals surface area contributed by atoms with Crippen LogP contribution in [-0.2, 0) is 4.79 Å². The molecule has 1 amide bonds. The molecule has 0 fully saturated rings. The maximum absolute atomic E-state index is 12.0. The van der Waals surface area contributed by atoms with Crippen LogP contribution in [0.3, 0.4) is 0 Å². The Morgan fingerprint density at radius 1 is 1.53 bits per heavy atom. The molecule has 5 heteroatoms. The molecule has 0 aliphatic rings. The number of hydrogen-bond donors (Lipinski definition) is 1. The van der Waals surface area contributed by atoms with Gasteiger partial charge in [0, 0.05) is 26.0 Å². The van der Waals surface area contributed by atoms with Gasteiger partial charge in [-0.3, -0.25) is 14.6 Å². The second-order valence-electron chi connectivity index (χ2n) is 4.12. The molecule has 1 heterocycles. The Kier molecular flexibility index (Phi) is 4.20. The van der Waals surface area contributed by atoms with Gasteiger partial charge in [0.15, 0.2) is 0 Å². The van der Waals surface area contributed by atoms with Crippen molar-refractivity contribution in [2.45, 2.75) is 13.8 Å². The van der Waals surface area contributed by atoms with E-state index < -0.39 is 11.9 Å². The largest absolute Gasteiger partial charge is 0.481 e. The second-order valence-corrected chi connectivity index (χ2v) is 4.12. The van der Waals surface area contributed by atoms with Crippen LogP contribution in [0.4, 0.5) is 0 Å². The van der Waals surface area contributed by atoms with E-state index in [0.717, 1.165) is 5.56 Å². The molecule has 1 N–H and O–H groups in total. The molecular formula is C12H16N2O3. The normalized spacial score (nSPS) is 11.9. The van der Waals surface area contributed by atoms with E-state index in [-0.39, 0.29) is 12.5 Å². The van der Waals surface area contributed by atoms with Crippen molar-refractivity contribution >= 4 is 11.9 Å². The molecule has 0 bridgehead atoms. The number of hydrogen-bond acceptors (Lipinski definition) is 3. The fraction of sp³-hybridized carbons (Fsp3) is 0.417. The zero-order chi connectivity index (χ0) is 13.0. The van der Waals surface area contributed by atoms with E-state index in [1.165, 1.54) is 11.1 Å². The summed E-state index contributed by atoms with van der Waals surface area (Å²) in [4.78, 5) is 28.0. The fourth-order valence-electron chi connectivity index (χ4n) is 1.47. The number of aryl methyl sites for hydroxylation is 1.